The lowest BCUT2D eigenvalue weighted by Crippen LogP contribution is -2.30. The van der Waals surface area contributed by atoms with Crippen molar-refractivity contribution in [3.63, 3.8) is 0 Å². The van der Waals surface area contributed by atoms with E-state index < -0.39 is 10.0 Å². The van der Waals surface area contributed by atoms with Crippen molar-refractivity contribution in [2.75, 3.05) is 19.7 Å². The lowest BCUT2D eigenvalue weighted by atomic mass is 9.92. The highest BCUT2D eigenvalue weighted by molar-refractivity contribution is 7.89. The zero-order valence-electron chi connectivity index (χ0n) is 12.8. The molecule has 3 rings (SSSR count). The number of aromatic nitrogens is 2. The molecule has 1 N–H and O–H groups in total. The smallest absolute Gasteiger partial charge is 0.248 e. The molecule has 0 aromatic carbocycles. The third kappa shape index (κ3) is 2.83. The van der Waals surface area contributed by atoms with Gasteiger partial charge in [0.1, 0.15) is 10.0 Å². The molecule has 0 bridgehead atoms. The van der Waals surface area contributed by atoms with Crippen molar-refractivity contribution >= 4 is 33.0 Å². The van der Waals surface area contributed by atoms with Crippen LogP contribution in [0.15, 0.2) is 21.7 Å². The Balaban J connectivity index is 1.96. The van der Waals surface area contributed by atoms with Crippen LogP contribution in [0.2, 0.25) is 5.15 Å². The average Bonchev–Trinajstić information content (AvgIpc) is 3.19. The standard InChI is InChI=1S/C14H18ClN3O3S2/c1-9-13(14(15)17(2)16-9)23(20,21)18-5-11(7-19)12(6-18)10-3-4-22-8-10/h3-4,8,11-12,19H,5-7H2,1-2H3/t11-,12+/m1/s1. The number of halogens is 1. The first-order valence-electron chi connectivity index (χ1n) is 7.18. The number of aliphatic hydroxyl groups excluding tert-OH is 1. The summed E-state index contributed by atoms with van der Waals surface area (Å²) in [7, 11) is -2.12. The predicted molar refractivity (Wildman–Crippen MR) is 89.3 cm³/mol. The van der Waals surface area contributed by atoms with Crippen molar-refractivity contribution in [2.45, 2.75) is 17.7 Å². The Labute approximate surface area is 144 Å². The van der Waals surface area contributed by atoms with Crippen LogP contribution in [-0.4, -0.2) is 47.3 Å². The van der Waals surface area contributed by atoms with Gasteiger partial charge in [0.25, 0.3) is 0 Å². The first kappa shape index (κ1) is 16.9. The van der Waals surface area contributed by atoms with E-state index in [4.69, 9.17) is 11.6 Å². The molecule has 1 fully saturated rings. The molecule has 126 valence electrons. The number of aryl methyl sites for hydroxylation is 2. The highest BCUT2D eigenvalue weighted by Gasteiger charge is 2.41. The number of sulfonamides is 1. The van der Waals surface area contributed by atoms with Crippen LogP contribution < -0.4 is 0 Å². The molecule has 0 spiro atoms. The van der Waals surface area contributed by atoms with Crippen LogP contribution in [0.25, 0.3) is 0 Å². The van der Waals surface area contributed by atoms with Crippen molar-refractivity contribution in [3.05, 3.63) is 33.2 Å². The summed E-state index contributed by atoms with van der Waals surface area (Å²) in [5, 5.41) is 17.8. The van der Waals surface area contributed by atoms with Gasteiger partial charge in [0, 0.05) is 38.6 Å². The van der Waals surface area contributed by atoms with E-state index in [2.05, 4.69) is 5.10 Å². The van der Waals surface area contributed by atoms with E-state index in [1.807, 2.05) is 16.8 Å². The van der Waals surface area contributed by atoms with Gasteiger partial charge in [-0.25, -0.2) is 8.42 Å². The summed E-state index contributed by atoms with van der Waals surface area (Å²) < 4.78 is 28.7. The van der Waals surface area contributed by atoms with Gasteiger partial charge in [0.05, 0.1) is 5.69 Å². The number of hydrogen-bond acceptors (Lipinski definition) is 5. The quantitative estimate of drug-likeness (QED) is 0.884. The van der Waals surface area contributed by atoms with E-state index in [1.165, 1.54) is 8.99 Å². The highest BCUT2D eigenvalue weighted by atomic mass is 35.5. The number of nitrogens with zero attached hydrogens (tertiary/aromatic N) is 3. The van der Waals surface area contributed by atoms with E-state index in [0.717, 1.165) is 5.56 Å². The second-order valence-electron chi connectivity index (χ2n) is 5.76. The van der Waals surface area contributed by atoms with Gasteiger partial charge in [-0.1, -0.05) is 11.6 Å². The van der Waals surface area contributed by atoms with Gasteiger partial charge in [-0.3, -0.25) is 4.68 Å². The van der Waals surface area contributed by atoms with Crippen LogP contribution in [0.1, 0.15) is 17.2 Å². The molecule has 1 saturated heterocycles. The number of aliphatic hydroxyl groups is 1. The second-order valence-corrected chi connectivity index (χ2v) is 8.77. The number of hydrogen-bond donors (Lipinski definition) is 1. The fourth-order valence-electron chi connectivity index (χ4n) is 3.11. The molecule has 2 aromatic heterocycles. The van der Waals surface area contributed by atoms with Gasteiger partial charge in [-0.05, 0) is 29.3 Å². The average molecular weight is 376 g/mol. The molecule has 1 aliphatic rings. The summed E-state index contributed by atoms with van der Waals surface area (Å²) in [4.78, 5) is 0.0596. The van der Waals surface area contributed by atoms with E-state index in [9.17, 15) is 13.5 Å². The summed E-state index contributed by atoms with van der Waals surface area (Å²) in [6.45, 7) is 2.21. The van der Waals surface area contributed by atoms with Crippen LogP contribution in [0, 0.1) is 12.8 Å². The Kier molecular flexibility index (Phi) is 4.54. The van der Waals surface area contributed by atoms with Crippen molar-refractivity contribution in [3.8, 4) is 0 Å². The van der Waals surface area contributed by atoms with Crippen molar-refractivity contribution in [1.82, 2.24) is 14.1 Å². The molecule has 9 heteroatoms. The third-order valence-corrected chi connectivity index (χ3v) is 7.54. The topological polar surface area (TPSA) is 75.4 Å². The van der Waals surface area contributed by atoms with Crippen molar-refractivity contribution < 1.29 is 13.5 Å². The molecule has 0 radical (unpaired) electrons. The van der Waals surface area contributed by atoms with Crippen LogP contribution >= 0.6 is 22.9 Å². The normalized spacial score (nSPS) is 22.8. The molecular weight excluding hydrogens is 358 g/mol. The lowest BCUT2D eigenvalue weighted by Gasteiger charge is -2.16. The van der Waals surface area contributed by atoms with Gasteiger partial charge in [-0.15, -0.1) is 0 Å². The molecule has 0 saturated carbocycles. The van der Waals surface area contributed by atoms with Crippen LogP contribution in [0.4, 0.5) is 0 Å². The minimum Gasteiger partial charge on any atom is -0.396 e. The van der Waals surface area contributed by atoms with Crippen molar-refractivity contribution in [1.29, 1.82) is 0 Å². The summed E-state index contributed by atoms with van der Waals surface area (Å²) in [5.74, 6) is -0.119. The van der Waals surface area contributed by atoms with E-state index >= 15 is 0 Å². The van der Waals surface area contributed by atoms with Gasteiger partial charge in [0.2, 0.25) is 10.0 Å². The molecule has 23 heavy (non-hydrogen) atoms. The molecule has 6 nitrogen and oxygen atoms in total. The van der Waals surface area contributed by atoms with Gasteiger partial charge >= 0.3 is 0 Å². The summed E-state index contributed by atoms with van der Waals surface area (Å²) >= 11 is 7.70. The monoisotopic (exact) mass is 375 g/mol. The molecular formula is C14H18ClN3O3S2. The lowest BCUT2D eigenvalue weighted by molar-refractivity contribution is 0.223. The maximum atomic E-state index is 13.0. The van der Waals surface area contributed by atoms with E-state index in [-0.39, 0.29) is 35.0 Å². The van der Waals surface area contributed by atoms with E-state index in [1.54, 1.807) is 25.3 Å². The summed E-state index contributed by atoms with van der Waals surface area (Å²) in [6.07, 6.45) is 0. The van der Waals surface area contributed by atoms with Gasteiger partial charge in [0.15, 0.2) is 0 Å². The molecule has 3 heterocycles. The Morgan fingerprint density at radius 1 is 1.48 bits per heavy atom. The fourth-order valence-corrected chi connectivity index (χ4v) is 6.06. The van der Waals surface area contributed by atoms with Gasteiger partial charge < -0.3 is 5.11 Å². The Bertz CT molecular complexity index is 802. The van der Waals surface area contributed by atoms with E-state index in [0.29, 0.717) is 12.2 Å². The zero-order valence-corrected chi connectivity index (χ0v) is 15.2. The minimum absolute atomic E-state index is 0.00298. The third-order valence-electron chi connectivity index (χ3n) is 4.31. The largest absolute Gasteiger partial charge is 0.396 e. The fraction of sp³-hybridized carbons (Fsp3) is 0.500. The molecule has 2 atom stereocenters. The zero-order chi connectivity index (χ0) is 16.8. The molecule has 0 unspecified atom stereocenters. The maximum Gasteiger partial charge on any atom is 0.248 e. The molecule has 0 aliphatic carbocycles. The first-order chi connectivity index (χ1) is 10.9. The summed E-state index contributed by atoms with van der Waals surface area (Å²) in [6, 6.07) is 1.98. The van der Waals surface area contributed by atoms with Crippen LogP contribution in [-0.2, 0) is 17.1 Å². The second kappa shape index (κ2) is 6.18. The summed E-state index contributed by atoms with van der Waals surface area (Å²) in [5.41, 5.74) is 1.46. The van der Waals surface area contributed by atoms with Crippen molar-refractivity contribution in [2.24, 2.45) is 13.0 Å². The Hall–Kier alpha value is -0.930. The highest BCUT2D eigenvalue weighted by Crippen LogP contribution is 2.38. The Morgan fingerprint density at radius 3 is 2.74 bits per heavy atom. The van der Waals surface area contributed by atoms with Gasteiger partial charge in [-0.2, -0.15) is 20.7 Å². The van der Waals surface area contributed by atoms with Crippen LogP contribution in [0.3, 0.4) is 0 Å². The molecule has 1 aliphatic heterocycles. The molecule has 0 amide bonds. The SMILES string of the molecule is Cc1nn(C)c(Cl)c1S(=O)(=O)N1C[C@H](CO)[C@H](c2ccsc2)C1. The van der Waals surface area contributed by atoms with Crippen LogP contribution in [0.5, 0.6) is 0 Å². The Morgan fingerprint density at radius 2 is 2.22 bits per heavy atom. The predicted octanol–water partition coefficient (Wildman–Crippen LogP) is 1.84. The minimum atomic E-state index is -3.74. The number of thiophene rings is 1. The molecule has 2 aromatic rings. The number of rotatable bonds is 4. The first-order valence-corrected chi connectivity index (χ1v) is 9.94. The maximum absolute atomic E-state index is 13.0.